The van der Waals surface area contributed by atoms with Gasteiger partial charge in [0.1, 0.15) is 11.5 Å². The van der Waals surface area contributed by atoms with Crippen molar-refractivity contribution < 1.29 is 9.21 Å². The van der Waals surface area contributed by atoms with E-state index >= 15 is 0 Å². The lowest BCUT2D eigenvalue weighted by Crippen LogP contribution is -2.09. The SMILES string of the molecule is CCn1nnc(NC(=O)C=Cc2ccc(-c3ccc(Cl)cc3)o2)n1. The zero-order valence-electron chi connectivity index (χ0n) is 12.8. The van der Waals surface area contributed by atoms with E-state index in [4.69, 9.17) is 16.0 Å². The minimum absolute atomic E-state index is 0.160. The van der Waals surface area contributed by atoms with Gasteiger partial charge in [0.2, 0.25) is 0 Å². The Kier molecular flexibility index (Phi) is 4.72. The second kappa shape index (κ2) is 7.10. The smallest absolute Gasteiger partial charge is 0.270 e. The van der Waals surface area contributed by atoms with Gasteiger partial charge in [-0.15, -0.1) is 5.10 Å². The maximum Gasteiger partial charge on any atom is 0.270 e. The molecule has 8 heteroatoms. The van der Waals surface area contributed by atoms with E-state index in [9.17, 15) is 4.79 Å². The topological polar surface area (TPSA) is 85.8 Å². The van der Waals surface area contributed by atoms with Crippen LogP contribution >= 0.6 is 11.6 Å². The average Bonchev–Trinajstić information content (AvgIpc) is 3.23. The Hall–Kier alpha value is -2.93. The van der Waals surface area contributed by atoms with Crippen molar-refractivity contribution in [2.45, 2.75) is 13.5 Å². The van der Waals surface area contributed by atoms with Crippen LogP contribution in [0.15, 0.2) is 46.9 Å². The van der Waals surface area contributed by atoms with Crippen LogP contribution in [-0.4, -0.2) is 26.1 Å². The first-order valence-corrected chi connectivity index (χ1v) is 7.64. The maximum absolute atomic E-state index is 11.8. The van der Waals surface area contributed by atoms with E-state index in [1.165, 1.54) is 10.9 Å². The van der Waals surface area contributed by atoms with Crippen LogP contribution in [0.3, 0.4) is 0 Å². The summed E-state index contributed by atoms with van der Waals surface area (Å²) in [5.74, 6) is 1.04. The second-order valence-corrected chi connectivity index (χ2v) is 5.27. The van der Waals surface area contributed by atoms with Crippen LogP contribution in [0.1, 0.15) is 12.7 Å². The number of rotatable bonds is 5. The van der Waals surface area contributed by atoms with Gasteiger partial charge in [0, 0.05) is 16.7 Å². The number of benzene rings is 1. The molecule has 1 amide bonds. The van der Waals surface area contributed by atoms with Crippen LogP contribution in [0.25, 0.3) is 17.4 Å². The van der Waals surface area contributed by atoms with E-state index in [1.807, 2.05) is 25.1 Å². The Morgan fingerprint density at radius 2 is 2.08 bits per heavy atom. The molecule has 0 aliphatic heterocycles. The van der Waals surface area contributed by atoms with Crippen molar-refractivity contribution in [1.29, 1.82) is 0 Å². The number of furan rings is 1. The van der Waals surface area contributed by atoms with Crippen molar-refractivity contribution in [3.8, 4) is 11.3 Å². The van der Waals surface area contributed by atoms with Gasteiger partial charge in [0.05, 0.1) is 6.54 Å². The zero-order chi connectivity index (χ0) is 16.9. The molecule has 0 aliphatic carbocycles. The van der Waals surface area contributed by atoms with Crippen LogP contribution in [0.5, 0.6) is 0 Å². The normalized spacial score (nSPS) is 11.1. The molecule has 1 aromatic carbocycles. The Morgan fingerprint density at radius 1 is 1.29 bits per heavy atom. The number of hydrogen-bond acceptors (Lipinski definition) is 5. The number of hydrogen-bond donors (Lipinski definition) is 1. The number of anilines is 1. The molecule has 3 aromatic rings. The van der Waals surface area contributed by atoms with Gasteiger partial charge in [-0.1, -0.05) is 16.7 Å². The Bertz CT molecular complexity index is 867. The molecule has 0 fully saturated rings. The lowest BCUT2D eigenvalue weighted by atomic mass is 10.2. The fourth-order valence-corrected chi connectivity index (χ4v) is 2.07. The van der Waals surface area contributed by atoms with Gasteiger partial charge in [-0.05, 0) is 54.6 Å². The van der Waals surface area contributed by atoms with Crippen LogP contribution in [0.2, 0.25) is 5.02 Å². The number of aromatic nitrogens is 4. The van der Waals surface area contributed by atoms with Crippen LogP contribution in [0.4, 0.5) is 5.95 Å². The third kappa shape index (κ3) is 3.88. The predicted molar refractivity (Wildman–Crippen MR) is 90.3 cm³/mol. The van der Waals surface area contributed by atoms with Crippen molar-refractivity contribution in [3.63, 3.8) is 0 Å². The van der Waals surface area contributed by atoms with E-state index in [0.29, 0.717) is 23.1 Å². The van der Waals surface area contributed by atoms with Crippen LogP contribution < -0.4 is 5.32 Å². The van der Waals surface area contributed by atoms with E-state index in [2.05, 4.69) is 20.7 Å². The number of nitrogens with one attached hydrogen (secondary N) is 1. The van der Waals surface area contributed by atoms with Crippen molar-refractivity contribution in [3.05, 3.63) is 53.3 Å². The quantitative estimate of drug-likeness (QED) is 0.718. The molecule has 1 N–H and O–H groups in total. The summed E-state index contributed by atoms with van der Waals surface area (Å²) in [6, 6.07) is 10.9. The minimum atomic E-state index is -0.366. The number of aryl methyl sites for hydroxylation is 1. The molecular weight excluding hydrogens is 330 g/mol. The average molecular weight is 344 g/mol. The van der Waals surface area contributed by atoms with E-state index < -0.39 is 0 Å². The lowest BCUT2D eigenvalue weighted by Gasteiger charge is -1.96. The Labute approximate surface area is 142 Å². The molecule has 24 heavy (non-hydrogen) atoms. The first kappa shape index (κ1) is 15.9. The molecule has 0 atom stereocenters. The van der Waals surface area contributed by atoms with Gasteiger partial charge in [-0.25, -0.2) is 0 Å². The molecule has 0 aliphatic rings. The summed E-state index contributed by atoms with van der Waals surface area (Å²) in [7, 11) is 0. The number of nitrogens with zero attached hydrogens (tertiary/aromatic N) is 4. The highest BCUT2D eigenvalue weighted by Gasteiger charge is 2.06. The van der Waals surface area contributed by atoms with E-state index in [1.54, 1.807) is 24.3 Å². The summed E-state index contributed by atoms with van der Waals surface area (Å²) in [6.45, 7) is 2.46. The van der Waals surface area contributed by atoms with E-state index in [-0.39, 0.29) is 11.9 Å². The molecule has 0 bridgehead atoms. The van der Waals surface area contributed by atoms with Gasteiger partial charge in [0.25, 0.3) is 11.9 Å². The largest absolute Gasteiger partial charge is 0.457 e. The molecule has 0 radical (unpaired) electrons. The van der Waals surface area contributed by atoms with Crippen molar-refractivity contribution in [2.24, 2.45) is 0 Å². The summed E-state index contributed by atoms with van der Waals surface area (Å²) >= 11 is 5.86. The van der Waals surface area contributed by atoms with Gasteiger partial charge in [-0.2, -0.15) is 4.80 Å². The summed E-state index contributed by atoms with van der Waals surface area (Å²) < 4.78 is 5.67. The molecule has 0 saturated carbocycles. The third-order valence-corrected chi connectivity index (χ3v) is 3.38. The molecule has 2 heterocycles. The Morgan fingerprint density at radius 3 is 2.79 bits per heavy atom. The number of carbonyl (C=O) groups excluding carboxylic acids is 1. The first-order chi connectivity index (χ1) is 11.6. The molecule has 3 rings (SSSR count). The fraction of sp³-hybridized carbons (Fsp3) is 0.125. The monoisotopic (exact) mass is 343 g/mol. The highest BCUT2D eigenvalue weighted by molar-refractivity contribution is 6.30. The molecule has 0 saturated heterocycles. The van der Waals surface area contributed by atoms with Crippen molar-refractivity contribution in [1.82, 2.24) is 20.2 Å². The highest BCUT2D eigenvalue weighted by atomic mass is 35.5. The molecule has 2 aromatic heterocycles. The maximum atomic E-state index is 11.8. The molecule has 7 nitrogen and oxygen atoms in total. The highest BCUT2D eigenvalue weighted by Crippen LogP contribution is 2.24. The third-order valence-electron chi connectivity index (χ3n) is 3.13. The van der Waals surface area contributed by atoms with Crippen LogP contribution in [0, 0.1) is 0 Å². The lowest BCUT2D eigenvalue weighted by molar-refractivity contribution is -0.111. The molecule has 0 spiro atoms. The second-order valence-electron chi connectivity index (χ2n) is 4.83. The van der Waals surface area contributed by atoms with Crippen molar-refractivity contribution in [2.75, 3.05) is 5.32 Å². The zero-order valence-corrected chi connectivity index (χ0v) is 13.6. The van der Waals surface area contributed by atoms with E-state index in [0.717, 1.165) is 5.56 Å². The minimum Gasteiger partial charge on any atom is -0.457 e. The summed E-state index contributed by atoms with van der Waals surface area (Å²) in [6.07, 6.45) is 2.91. The van der Waals surface area contributed by atoms with Gasteiger partial charge < -0.3 is 4.42 Å². The molecular formula is C16H14ClN5O2. The number of tetrazole rings is 1. The Balaban J connectivity index is 1.64. The van der Waals surface area contributed by atoms with Gasteiger partial charge in [-0.3, -0.25) is 10.1 Å². The predicted octanol–water partition coefficient (Wildman–Crippen LogP) is 3.26. The first-order valence-electron chi connectivity index (χ1n) is 7.26. The van der Waals surface area contributed by atoms with Crippen LogP contribution in [-0.2, 0) is 11.3 Å². The standard InChI is InChI=1S/C16H14ClN5O2/c1-2-22-20-16(19-21-22)18-15(23)10-8-13-7-9-14(24-13)11-3-5-12(17)6-4-11/h3-10H,2H2,1H3,(H,18,20,23). The van der Waals surface area contributed by atoms with Crippen molar-refractivity contribution >= 4 is 29.5 Å². The van der Waals surface area contributed by atoms with Gasteiger partial charge >= 0.3 is 0 Å². The number of amides is 1. The van der Waals surface area contributed by atoms with Gasteiger partial charge in [0.15, 0.2) is 0 Å². The fourth-order valence-electron chi connectivity index (χ4n) is 1.95. The number of halogens is 1. The summed E-state index contributed by atoms with van der Waals surface area (Å²) in [5.41, 5.74) is 0.906. The molecule has 0 unspecified atom stereocenters. The summed E-state index contributed by atoms with van der Waals surface area (Å²) in [4.78, 5) is 13.2. The molecule has 122 valence electrons. The number of carbonyl (C=O) groups is 1. The summed E-state index contributed by atoms with van der Waals surface area (Å²) in [5, 5.41) is 14.6.